The Kier molecular flexibility index (Phi) is 4.45. The minimum atomic E-state index is -0.389. The van der Waals surface area contributed by atoms with Gasteiger partial charge in [0, 0.05) is 12.2 Å². The molecule has 0 amide bonds. The van der Waals surface area contributed by atoms with Crippen LogP contribution in [0.1, 0.15) is 44.4 Å². The highest BCUT2D eigenvalue weighted by atomic mass is 16.5. The van der Waals surface area contributed by atoms with E-state index in [1.807, 2.05) is 20.8 Å². The summed E-state index contributed by atoms with van der Waals surface area (Å²) >= 11 is 0. The van der Waals surface area contributed by atoms with E-state index in [1.165, 1.54) is 5.56 Å². The molecule has 1 aromatic carbocycles. The summed E-state index contributed by atoms with van der Waals surface area (Å²) in [5, 5.41) is 0. The number of rotatable bonds is 5. The molecule has 1 atom stereocenters. The summed E-state index contributed by atoms with van der Waals surface area (Å²) in [6.45, 7) is 7.51. The molecule has 3 N–H and O–H groups in total. The molecule has 1 heterocycles. The van der Waals surface area contributed by atoms with Crippen molar-refractivity contribution < 1.29 is 9.47 Å². The van der Waals surface area contributed by atoms with Crippen molar-refractivity contribution in [1.82, 2.24) is 5.43 Å². The summed E-state index contributed by atoms with van der Waals surface area (Å²) in [5.74, 6) is 6.75. The molecule has 0 bridgehead atoms. The SMILES string of the molecule is CCOC(C)(C)C(NN)c1cccc2c1OCCC2. The largest absolute Gasteiger partial charge is 0.493 e. The van der Waals surface area contributed by atoms with Crippen LogP contribution < -0.4 is 16.0 Å². The standard InChI is InChI=1S/C15H24N2O2/c1-4-19-15(2,3)14(17-16)12-9-5-7-11-8-6-10-18-13(11)12/h5,7,9,14,17H,4,6,8,10,16H2,1-3H3. The molecule has 0 spiro atoms. The topological polar surface area (TPSA) is 56.5 Å². The number of aryl methyl sites for hydroxylation is 1. The van der Waals surface area contributed by atoms with E-state index in [2.05, 4.69) is 23.6 Å². The highest BCUT2D eigenvalue weighted by Crippen LogP contribution is 2.38. The molecule has 1 aliphatic rings. The Morgan fingerprint density at radius 1 is 1.47 bits per heavy atom. The molecule has 0 saturated heterocycles. The van der Waals surface area contributed by atoms with Crippen LogP contribution in [0.15, 0.2) is 18.2 Å². The van der Waals surface area contributed by atoms with Crippen LogP contribution in [0.3, 0.4) is 0 Å². The summed E-state index contributed by atoms with van der Waals surface area (Å²) < 4.78 is 11.7. The highest BCUT2D eigenvalue weighted by molar-refractivity contribution is 5.45. The van der Waals surface area contributed by atoms with Crippen molar-refractivity contribution in [2.45, 2.75) is 45.3 Å². The van der Waals surface area contributed by atoms with E-state index in [9.17, 15) is 0 Å². The van der Waals surface area contributed by atoms with Crippen molar-refractivity contribution >= 4 is 0 Å². The smallest absolute Gasteiger partial charge is 0.127 e. The van der Waals surface area contributed by atoms with Gasteiger partial charge < -0.3 is 9.47 Å². The lowest BCUT2D eigenvalue weighted by atomic mass is 9.89. The first kappa shape index (κ1) is 14.3. The van der Waals surface area contributed by atoms with Crippen molar-refractivity contribution in [3.63, 3.8) is 0 Å². The predicted molar refractivity (Wildman–Crippen MR) is 76.0 cm³/mol. The molecule has 2 rings (SSSR count). The molecule has 0 radical (unpaired) electrons. The van der Waals surface area contributed by atoms with Crippen LogP contribution in [-0.4, -0.2) is 18.8 Å². The molecule has 1 aromatic rings. The van der Waals surface area contributed by atoms with E-state index >= 15 is 0 Å². The van der Waals surface area contributed by atoms with Crippen LogP contribution in [0.2, 0.25) is 0 Å². The lowest BCUT2D eigenvalue weighted by molar-refractivity contribution is -0.0399. The number of ether oxygens (including phenoxy) is 2. The number of benzene rings is 1. The van der Waals surface area contributed by atoms with E-state index in [4.69, 9.17) is 15.3 Å². The first-order valence-corrected chi connectivity index (χ1v) is 6.94. The fraction of sp³-hybridized carbons (Fsp3) is 0.600. The van der Waals surface area contributed by atoms with Gasteiger partial charge in [0.15, 0.2) is 0 Å². The summed E-state index contributed by atoms with van der Waals surface area (Å²) in [6, 6.07) is 6.16. The predicted octanol–water partition coefficient (Wildman–Crippen LogP) is 2.33. The van der Waals surface area contributed by atoms with E-state index in [0.29, 0.717) is 6.61 Å². The lowest BCUT2D eigenvalue weighted by Gasteiger charge is -2.35. The summed E-state index contributed by atoms with van der Waals surface area (Å²) in [7, 11) is 0. The molecule has 0 aliphatic carbocycles. The Morgan fingerprint density at radius 2 is 2.26 bits per heavy atom. The maximum atomic E-state index is 5.86. The third-order valence-electron chi connectivity index (χ3n) is 3.65. The van der Waals surface area contributed by atoms with Gasteiger partial charge in [0.05, 0.1) is 18.2 Å². The van der Waals surface area contributed by atoms with Crippen molar-refractivity contribution in [2.24, 2.45) is 5.84 Å². The van der Waals surface area contributed by atoms with Crippen molar-refractivity contribution in [2.75, 3.05) is 13.2 Å². The molecule has 106 valence electrons. The zero-order chi connectivity index (χ0) is 13.9. The van der Waals surface area contributed by atoms with E-state index in [-0.39, 0.29) is 11.6 Å². The van der Waals surface area contributed by atoms with Crippen LogP contribution >= 0.6 is 0 Å². The zero-order valence-electron chi connectivity index (χ0n) is 12.0. The normalized spacial score (nSPS) is 16.6. The number of hydrazine groups is 1. The number of nitrogens with one attached hydrogen (secondary N) is 1. The van der Waals surface area contributed by atoms with Crippen LogP contribution in [0.25, 0.3) is 0 Å². The van der Waals surface area contributed by atoms with Crippen molar-refractivity contribution in [3.8, 4) is 5.75 Å². The Labute approximate surface area is 115 Å². The van der Waals surface area contributed by atoms with Gasteiger partial charge in [-0.05, 0) is 39.2 Å². The fourth-order valence-corrected chi connectivity index (χ4v) is 2.76. The molecule has 0 aromatic heterocycles. The van der Waals surface area contributed by atoms with Crippen LogP contribution in [0, 0.1) is 0 Å². The van der Waals surface area contributed by atoms with Gasteiger partial charge in [-0.2, -0.15) is 0 Å². The summed E-state index contributed by atoms with van der Waals surface area (Å²) in [5.41, 5.74) is 4.84. The Morgan fingerprint density at radius 3 is 2.95 bits per heavy atom. The van der Waals surface area contributed by atoms with Crippen LogP contribution in [0.5, 0.6) is 5.75 Å². The number of para-hydroxylation sites is 1. The second-order valence-electron chi connectivity index (χ2n) is 5.42. The van der Waals surface area contributed by atoms with Crippen molar-refractivity contribution in [3.05, 3.63) is 29.3 Å². The Balaban J connectivity index is 2.38. The summed E-state index contributed by atoms with van der Waals surface area (Å²) in [6.07, 6.45) is 2.14. The molecule has 0 saturated carbocycles. The van der Waals surface area contributed by atoms with Crippen LogP contribution in [-0.2, 0) is 11.2 Å². The van der Waals surface area contributed by atoms with Gasteiger partial charge in [-0.15, -0.1) is 0 Å². The van der Waals surface area contributed by atoms with E-state index < -0.39 is 0 Å². The number of nitrogens with two attached hydrogens (primary N) is 1. The Bertz CT molecular complexity index is 432. The first-order valence-electron chi connectivity index (χ1n) is 6.94. The minimum Gasteiger partial charge on any atom is -0.493 e. The minimum absolute atomic E-state index is 0.0968. The van der Waals surface area contributed by atoms with Crippen molar-refractivity contribution in [1.29, 1.82) is 0 Å². The van der Waals surface area contributed by atoms with E-state index in [0.717, 1.165) is 30.8 Å². The number of hydrogen-bond acceptors (Lipinski definition) is 4. The van der Waals surface area contributed by atoms with Gasteiger partial charge in [0.1, 0.15) is 5.75 Å². The van der Waals surface area contributed by atoms with Gasteiger partial charge in [-0.3, -0.25) is 5.84 Å². The molecular weight excluding hydrogens is 240 g/mol. The average molecular weight is 264 g/mol. The van der Waals surface area contributed by atoms with Gasteiger partial charge >= 0.3 is 0 Å². The third-order valence-corrected chi connectivity index (χ3v) is 3.65. The quantitative estimate of drug-likeness (QED) is 0.633. The molecule has 0 fully saturated rings. The molecule has 19 heavy (non-hydrogen) atoms. The molecule has 1 unspecified atom stereocenters. The van der Waals surface area contributed by atoms with Gasteiger partial charge in [-0.25, -0.2) is 5.43 Å². The maximum Gasteiger partial charge on any atom is 0.127 e. The van der Waals surface area contributed by atoms with Gasteiger partial charge in [-0.1, -0.05) is 18.2 Å². The fourth-order valence-electron chi connectivity index (χ4n) is 2.76. The number of hydrogen-bond donors (Lipinski definition) is 2. The van der Waals surface area contributed by atoms with Gasteiger partial charge in [0.25, 0.3) is 0 Å². The van der Waals surface area contributed by atoms with E-state index in [1.54, 1.807) is 0 Å². The van der Waals surface area contributed by atoms with Gasteiger partial charge in [0.2, 0.25) is 0 Å². The Hall–Kier alpha value is -1.10. The molecular formula is C15H24N2O2. The van der Waals surface area contributed by atoms with Crippen LogP contribution in [0.4, 0.5) is 0 Å². The number of fused-ring (bicyclic) bond motifs is 1. The maximum absolute atomic E-state index is 5.86. The first-order chi connectivity index (χ1) is 9.10. The third kappa shape index (κ3) is 2.91. The highest BCUT2D eigenvalue weighted by Gasteiger charge is 2.33. The molecule has 4 heteroatoms. The molecule has 1 aliphatic heterocycles. The second kappa shape index (κ2) is 5.90. The monoisotopic (exact) mass is 264 g/mol. The average Bonchev–Trinajstić information content (AvgIpc) is 2.39. The summed E-state index contributed by atoms with van der Waals surface area (Å²) in [4.78, 5) is 0. The zero-order valence-corrected chi connectivity index (χ0v) is 12.0. The lowest BCUT2D eigenvalue weighted by Crippen LogP contribution is -2.45. The molecule has 4 nitrogen and oxygen atoms in total. The second-order valence-corrected chi connectivity index (χ2v) is 5.42.